The first kappa shape index (κ1) is 48.9. The molecule has 3 heterocycles. The number of aliphatic carboxylic acids is 1. The van der Waals surface area contributed by atoms with Gasteiger partial charge in [-0.3, -0.25) is 9.59 Å². The Kier molecular flexibility index (Phi) is 18.3. The fourth-order valence-corrected chi connectivity index (χ4v) is 8.76. The molecule has 3 fully saturated rings. The lowest BCUT2D eigenvalue weighted by Gasteiger charge is -2.46. The quantitative estimate of drug-likeness (QED) is 0.0501. The van der Waals surface area contributed by atoms with E-state index in [2.05, 4.69) is 18.7 Å². The summed E-state index contributed by atoms with van der Waals surface area (Å²) in [5, 5.41) is 9.16. The third-order valence-electron chi connectivity index (χ3n) is 12.0. The number of esters is 1. The van der Waals surface area contributed by atoms with Crippen molar-refractivity contribution < 1.29 is 57.3 Å². The van der Waals surface area contributed by atoms with Crippen LogP contribution in [-0.4, -0.2) is 84.6 Å². The van der Waals surface area contributed by atoms with Gasteiger partial charge in [-0.2, -0.15) is 0 Å². The summed E-state index contributed by atoms with van der Waals surface area (Å²) in [6, 6.07) is 39.7. The Hall–Kier alpha value is -5.02. The van der Waals surface area contributed by atoms with E-state index in [4.69, 9.17) is 47.7 Å². The van der Waals surface area contributed by atoms with Gasteiger partial charge in [-0.05, 0) is 67.7 Å². The van der Waals surface area contributed by atoms with Gasteiger partial charge in [0.05, 0.1) is 38.6 Å². The van der Waals surface area contributed by atoms with Gasteiger partial charge in [0.1, 0.15) is 43.2 Å². The number of hydrogen-bond acceptors (Lipinski definition) is 11. The van der Waals surface area contributed by atoms with E-state index in [1.54, 1.807) is 0 Å². The average Bonchev–Trinajstić information content (AvgIpc) is 3.81. The molecule has 3 aliphatic rings. The number of carboxylic acid groups (broad SMARTS) is 1. The number of hydrogen-bond donors (Lipinski definition) is 1. The number of fused-ring (bicyclic) bond motifs is 1. The van der Waals surface area contributed by atoms with Crippen molar-refractivity contribution in [1.29, 1.82) is 0 Å². The number of carbonyl (C=O) groups excluding carboxylic acids is 1. The molecule has 12 nitrogen and oxygen atoms in total. The Morgan fingerprint density at radius 3 is 1.65 bits per heavy atom. The molecule has 0 bridgehead atoms. The first-order chi connectivity index (χ1) is 32.2. The van der Waals surface area contributed by atoms with Crippen molar-refractivity contribution in [3.8, 4) is 0 Å². The first-order valence-electron chi connectivity index (χ1n) is 23.1. The molecule has 3 aliphatic heterocycles. The maximum absolute atomic E-state index is 13.0. The van der Waals surface area contributed by atoms with E-state index in [0.29, 0.717) is 32.5 Å². The largest absolute Gasteiger partial charge is 0.481 e. The topological polar surface area (TPSA) is 137 Å². The highest BCUT2D eigenvalue weighted by atomic mass is 16.8. The van der Waals surface area contributed by atoms with Crippen LogP contribution in [0.2, 0.25) is 0 Å². The van der Waals surface area contributed by atoms with Crippen LogP contribution < -0.4 is 0 Å². The number of rotatable bonds is 25. The minimum atomic E-state index is -0.971. The molecule has 352 valence electrons. The zero-order valence-electron chi connectivity index (χ0n) is 38.0. The van der Waals surface area contributed by atoms with Gasteiger partial charge >= 0.3 is 11.9 Å². The summed E-state index contributed by atoms with van der Waals surface area (Å²) in [5.74, 6) is -2.30. The molecular weight excluding hydrogens is 841 g/mol. The fraction of sp³-hybridized carbons (Fsp3) is 0.444. The monoisotopic (exact) mass is 904 g/mol. The standard InChI is InChI=1S/C54H64O12/c1-4-20-42(47-50(61-35-40-25-13-7-14-26-40)52-53(64-47)66-54(2,3)65-52)29-17-18-30-43-48(59-33-38-21-9-5-10-22-38)51(62-36-41-27-15-8-16-28-41)49(60-34-39-23-11-6-12-24-39)44(63-43)37-58-46(57)32-19-31-45(55)56/h4-18,21-28,42-44,47-53H,1,19-20,29-37H2,2-3H3,(H,55,56)/b18-17+/t42-,43-,44-,47-,48+,49-,50+,51-,52-,53-/m1/s1. The van der Waals surface area contributed by atoms with E-state index >= 15 is 0 Å². The van der Waals surface area contributed by atoms with E-state index in [0.717, 1.165) is 22.3 Å². The van der Waals surface area contributed by atoms with Crippen LogP contribution in [0.25, 0.3) is 0 Å². The number of carboxylic acids is 1. The van der Waals surface area contributed by atoms with Gasteiger partial charge in [0, 0.05) is 12.8 Å². The lowest BCUT2D eigenvalue weighted by molar-refractivity contribution is -0.270. The van der Waals surface area contributed by atoms with Crippen LogP contribution in [0.1, 0.15) is 74.6 Å². The van der Waals surface area contributed by atoms with E-state index in [1.807, 2.05) is 141 Å². The molecule has 0 unspecified atom stereocenters. The van der Waals surface area contributed by atoms with Crippen molar-refractivity contribution in [2.24, 2.45) is 5.92 Å². The number of benzene rings is 4. The molecule has 1 N–H and O–H groups in total. The minimum Gasteiger partial charge on any atom is -0.481 e. The Bertz CT molecular complexity index is 2100. The molecule has 12 heteroatoms. The van der Waals surface area contributed by atoms with Crippen LogP contribution in [0.15, 0.2) is 146 Å². The van der Waals surface area contributed by atoms with Crippen LogP contribution in [-0.2, 0) is 78.6 Å². The molecule has 66 heavy (non-hydrogen) atoms. The summed E-state index contributed by atoms with van der Waals surface area (Å²) in [7, 11) is 0. The Balaban J connectivity index is 1.14. The summed E-state index contributed by atoms with van der Waals surface area (Å²) >= 11 is 0. The molecule has 4 aromatic carbocycles. The molecule has 0 saturated carbocycles. The highest BCUT2D eigenvalue weighted by Crippen LogP contribution is 2.43. The molecular formula is C54H64O12. The van der Waals surface area contributed by atoms with Gasteiger partial charge in [0.15, 0.2) is 12.1 Å². The van der Waals surface area contributed by atoms with Crippen LogP contribution in [0.4, 0.5) is 0 Å². The summed E-state index contributed by atoms with van der Waals surface area (Å²) < 4.78 is 59.0. The van der Waals surface area contributed by atoms with Crippen molar-refractivity contribution in [1.82, 2.24) is 0 Å². The lowest BCUT2D eigenvalue weighted by Crippen LogP contribution is -2.61. The smallest absolute Gasteiger partial charge is 0.305 e. The van der Waals surface area contributed by atoms with Crippen molar-refractivity contribution in [2.45, 2.75) is 140 Å². The number of ether oxygens (including phenoxy) is 9. The Labute approximate surface area is 388 Å². The van der Waals surface area contributed by atoms with Gasteiger partial charge < -0.3 is 47.7 Å². The summed E-state index contributed by atoms with van der Waals surface area (Å²) in [6.07, 6.45) is 2.92. The van der Waals surface area contributed by atoms with Gasteiger partial charge in [-0.25, -0.2) is 0 Å². The van der Waals surface area contributed by atoms with E-state index in [1.165, 1.54) is 0 Å². The van der Waals surface area contributed by atoms with Gasteiger partial charge in [0.25, 0.3) is 0 Å². The van der Waals surface area contributed by atoms with Crippen LogP contribution in [0.5, 0.6) is 0 Å². The third kappa shape index (κ3) is 14.2. The second kappa shape index (κ2) is 24.7. The molecule has 10 atom stereocenters. The summed E-state index contributed by atoms with van der Waals surface area (Å²) in [6.45, 7) is 8.95. The summed E-state index contributed by atoms with van der Waals surface area (Å²) in [5.41, 5.74) is 3.97. The minimum absolute atomic E-state index is 0.0103. The molecule has 0 spiro atoms. The highest BCUT2D eigenvalue weighted by Gasteiger charge is 2.57. The van der Waals surface area contributed by atoms with Crippen LogP contribution in [0, 0.1) is 5.92 Å². The SMILES string of the molecule is C=CC[C@H](C/C=C/C[C@H]1O[C@H](COC(=O)CCCC(=O)O)[C@@H](OCc2ccccc2)[C@H](OCc2ccccc2)[C@H]1OCc1ccccc1)[C@H]1O[C@@H]2OC(C)(C)O[C@@H]2[C@H]1OCc1ccccc1. The molecule has 0 amide bonds. The number of allylic oxidation sites excluding steroid dienone is 2. The second-order valence-corrected chi connectivity index (χ2v) is 17.5. The molecule has 3 saturated heterocycles. The van der Waals surface area contributed by atoms with Crippen molar-refractivity contribution in [3.63, 3.8) is 0 Å². The highest BCUT2D eigenvalue weighted by molar-refractivity contribution is 5.71. The molecule has 0 aromatic heterocycles. The van der Waals surface area contributed by atoms with E-state index in [9.17, 15) is 9.59 Å². The zero-order valence-corrected chi connectivity index (χ0v) is 38.0. The first-order valence-corrected chi connectivity index (χ1v) is 23.1. The predicted octanol–water partition coefficient (Wildman–Crippen LogP) is 9.30. The zero-order chi connectivity index (χ0) is 46.1. The molecule has 0 aliphatic carbocycles. The Morgan fingerprint density at radius 2 is 1.14 bits per heavy atom. The maximum Gasteiger partial charge on any atom is 0.305 e. The number of carbonyl (C=O) groups is 2. The normalized spacial score (nSPS) is 26.2. The Morgan fingerprint density at radius 1 is 0.636 bits per heavy atom. The molecule has 0 radical (unpaired) electrons. The van der Waals surface area contributed by atoms with Crippen molar-refractivity contribution >= 4 is 11.9 Å². The van der Waals surface area contributed by atoms with Gasteiger partial charge in [-0.1, -0.05) is 140 Å². The maximum atomic E-state index is 13.0. The van der Waals surface area contributed by atoms with Crippen LogP contribution >= 0.6 is 0 Å². The van der Waals surface area contributed by atoms with Crippen molar-refractivity contribution in [3.05, 3.63) is 168 Å². The third-order valence-corrected chi connectivity index (χ3v) is 12.0. The predicted molar refractivity (Wildman–Crippen MR) is 247 cm³/mol. The average molecular weight is 905 g/mol. The fourth-order valence-electron chi connectivity index (χ4n) is 8.76. The van der Waals surface area contributed by atoms with Crippen molar-refractivity contribution in [2.75, 3.05) is 6.61 Å². The second-order valence-electron chi connectivity index (χ2n) is 17.5. The van der Waals surface area contributed by atoms with Gasteiger partial charge in [0.2, 0.25) is 0 Å². The van der Waals surface area contributed by atoms with Gasteiger partial charge in [-0.15, -0.1) is 6.58 Å². The summed E-state index contributed by atoms with van der Waals surface area (Å²) in [4.78, 5) is 24.2. The van der Waals surface area contributed by atoms with E-state index < -0.39 is 60.6 Å². The molecule has 4 aromatic rings. The molecule has 7 rings (SSSR count). The van der Waals surface area contributed by atoms with E-state index in [-0.39, 0.29) is 57.2 Å². The lowest BCUT2D eigenvalue weighted by atomic mass is 9.89. The van der Waals surface area contributed by atoms with Crippen LogP contribution in [0.3, 0.4) is 0 Å².